The van der Waals surface area contributed by atoms with Gasteiger partial charge in [0.25, 0.3) is 0 Å². The average molecular weight is 374 g/mol. The molecule has 2 aliphatic heterocycles. The molecule has 2 aliphatic rings. The van der Waals surface area contributed by atoms with E-state index in [0.29, 0.717) is 5.75 Å². The predicted octanol–water partition coefficient (Wildman–Crippen LogP) is 4.02. The van der Waals surface area contributed by atoms with E-state index in [1.807, 2.05) is 36.4 Å². The van der Waals surface area contributed by atoms with E-state index < -0.39 is 22.5 Å². The van der Waals surface area contributed by atoms with Crippen molar-refractivity contribution in [1.29, 1.82) is 0 Å². The number of hydrogen-bond donors (Lipinski definition) is 0. The first-order valence-electron chi connectivity index (χ1n) is 8.18. The van der Waals surface area contributed by atoms with E-state index in [1.54, 1.807) is 11.8 Å². The molecule has 0 radical (unpaired) electrons. The predicted molar refractivity (Wildman–Crippen MR) is 100 cm³/mol. The minimum Gasteiger partial charge on any atom is -0.333 e. The molecule has 0 N–H and O–H groups in total. The molecule has 1 spiro atoms. The van der Waals surface area contributed by atoms with Gasteiger partial charge in [0, 0.05) is 5.92 Å². The van der Waals surface area contributed by atoms with Crippen LogP contribution in [-0.2, 0) is 18.0 Å². The highest BCUT2D eigenvalue weighted by Gasteiger charge is 2.51. The van der Waals surface area contributed by atoms with Crippen molar-refractivity contribution in [1.82, 2.24) is 0 Å². The first-order chi connectivity index (χ1) is 12.2. The quantitative estimate of drug-likeness (QED) is 0.760. The van der Waals surface area contributed by atoms with Crippen molar-refractivity contribution in [2.75, 3.05) is 11.5 Å². The Hall–Kier alpha value is -1.92. The minimum atomic E-state index is -2.23. The molecule has 1 unspecified atom stereocenters. The molecule has 4 rings (SSSR count). The van der Waals surface area contributed by atoms with E-state index in [0.717, 1.165) is 23.3 Å². The van der Waals surface area contributed by atoms with Gasteiger partial charge in [-0.15, -0.1) is 11.8 Å². The van der Waals surface area contributed by atoms with Crippen LogP contribution in [0.1, 0.15) is 23.5 Å². The maximum absolute atomic E-state index is 11.8. The topological polar surface area (TPSA) is 52.6 Å². The van der Waals surface area contributed by atoms with Crippen LogP contribution in [0.5, 0.6) is 0 Å². The van der Waals surface area contributed by atoms with Crippen LogP contribution >= 0.6 is 22.4 Å². The fraction of sp³-hybridized carbons (Fsp3) is 0.263. The Labute approximate surface area is 152 Å². The SMILES string of the molecule is O=C1OS2(CCCSC2C(c2ccccc2)c2ccccc2)OC1=O. The van der Waals surface area contributed by atoms with Crippen LogP contribution in [0.4, 0.5) is 0 Å². The maximum Gasteiger partial charge on any atom is 0.441 e. The van der Waals surface area contributed by atoms with Gasteiger partial charge in [-0.3, -0.25) is 0 Å². The highest BCUT2D eigenvalue weighted by Crippen LogP contribution is 2.68. The lowest BCUT2D eigenvalue weighted by molar-refractivity contribution is -0.150. The summed E-state index contributed by atoms with van der Waals surface area (Å²) in [4.78, 5) is 23.6. The van der Waals surface area contributed by atoms with E-state index in [4.69, 9.17) is 8.37 Å². The van der Waals surface area contributed by atoms with Crippen molar-refractivity contribution >= 4 is 34.3 Å². The van der Waals surface area contributed by atoms with Crippen molar-refractivity contribution in [2.45, 2.75) is 16.9 Å². The fourth-order valence-corrected chi connectivity index (χ4v) is 8.75. The second kappa shape index (κ2) is 6.77. The van der Waals surface area contributed by atoms with Crippen LogP contribution in [0.25, 0.3) is 0 Å². The summed E-state index contributed by atoms with van der Waals surface area (Å²) in [6.07, 6.45) is 0.882. The van der Waals surface area contributed by atoms with Crippen LogP contribution < -0.4 is 0 Å². The van der Waals surface area contributed by atoms with Crippen molar-refractivity contribution in [2.24, 2.45) is 0 Å². The summed E-state index contributed by atoms with van der Waals surface area (Å²) in [7, 11) is -2.23. The third-order valence-corrected chi connectivity index (χ3v) is 9.52. The number of thioether (sulfide) groups is 1. The van der Waals surface area contributed by atoms with Gasteiger partial charge >= 0.3 is 11.9 Å². The smallest absolute Gasteiger partial charge is 0.333 e. The molecular weight excluding hydrogens is 356 g/mol. The Morgan fingerprint density at radius 1 is 0.880 bits per heavy atom. The summed E-state index contributed by atoms with van der Waals surface area (Å²) < 4.78 is 11.1. The number of hydrogen-bond acceptors (Lipinski definition) is 5. The van der Waals surface area contributed by atoms with Crippen molar-refractivity contribution in [3.63, 3.8) is 0 Å². The Morgan fingerprint density at radius 3 is 1.92 bits per heavy atom. The van der Waals surface area contributed by atoms with Crippen LogP contribution in [0.15, 0.2) is 60.7 Å². The molecule has 0 saturated carbocycles. The lowest BCUT2D eigenvalue weighted by atomic mass is 9.93. The van der Waals surface area contributed by atoms with E-state index in [1.165, 1.54) is 0 Å². The highest BCUT2D eigenvalue weighted by molar-refractivity contribution is 8.35. The second-order valence-corrected chi connectivity index (χ2v) is 10.1. The molecule has 2 heterocycles. The van der Waals surface area contributed by atoms with Crippen molar-refractivity contribution < 1.29 is 18.0 Å². The zero-order chi connectivity index (χ0) is 17.3. The molecule has 0 amide bonds. The monoisotopic (exact) mass is 374 g/mol. The summed E-state index contributed by atoms with van der Waals surface area (Å²) in [5.41, 5.74) is 2.28. The Balaban J connectivity index is 1.80. The Kier molecular flexibility index (Phi) is 4.48. The third-order valence-electron chi connectivity index (χ3n) is 4.40. The Bertz CT molecular complexity index is 723. The first-order valence-corrected chi connectivity index (χ1v) is 10.9. The van der Waals surface area contributed by atoms with Crippen molar-refractivity contribution in [3.8, 4) is 0 Å². The first kappa shape index (κ1) is 16.5. The van der Waals surface area contributed by atoms with Gasteiger partial charge in [-0.25, -0.2) is 9.59 Å². The minimum absolute atomic E-state index is 0.00130. The van der Waals surface area contributed by atoms with Gasteiger partial charge in [-0.05, 0) is 23.3 Å². The van der Waals surface area contributed by atoms with E-state index in [2.05, 4.69) is 24.3 Å². The van der Waals surface area contributed by atoms with E-state index >= 15 is 0 Å². The molecule has 25 heavy (non-hydrogen) atoms. The van der Waals surface area contributed by atoms with E-state index in [-0.39, 0.29) is 10.5 Å². The number of carbonyl (C=O) groups is 2. The van der Waals surface area contributed by atoms with Crippen LogP contribution in [0.2, 0.25) is 0 Å². The van der Waals surface area contributed by atoms with Gasteiger partial charge < -0.3 is 8.37 Å². The normalized spacial score (nSPS) is 23.3. The zero-order valence-electron chi connectivity index (χ0n) is 13.5. The molecule has 130 valence electrons. The largest absolute Gasteiger partial charge is 0.441 e. The lowest BCUT2D eigenvalue weighted by Crippen LogP contribution is -2.30. The molecule has 2 aromatic carbocycles. The second-order valence-electron chi connectivity index (χ2n) is 6.00. The molecular formula is C19H18O4S2. The summed E-state index contributed by atoms with van der Waals surface area (Å²) >= 11 is 1.74. The van der Waals surface area contributed by atoms with Gasteiger partial charge in [0.1, 0.15) is 4.58 Å². The average Bonchev–Trinajstić information content (AvgIpc) is 2.93. The molecule has 2 fully saturated rings. The zero-order valence-corrected chi connectivity index (χ0v) is 15.1. The summed E-state index contributed by atoms with van der Waals surface area (Å²) in [6, 6.07) is 20.3. The molecule has 0 aliphatic carbocycles. The standard InChI is InChI=1S/C19H18O4S2/c20-17-18(21)23-25(22-17)13-7-12-24-19(25)16(14-8-3-1-4-9-14)15-10-5-2-6-11-15/h1-6,8-11,16,19H,7,12-13H2. The van der Waals surface area contributed by atoms with E-state index in [9.17, 15) is 9.59 Å². The van der Waals surface area contributed by atoms with Crippen LogP contribution in [0, 0.1) is 0 Å². The summed E-state index contributed by atoms with van der Waals surface area (Å²) in [6.45, 7) is 0. The molecule has 0 aromatic heterocycles. The molecule has 1 atom stereocenters. The third kappa shape index (κ3) is 3.04. The fourth-order valence-electron chi connectivity index (χ4n) is 3.33. The number of rotatable bonds is 3. The van der Waals surface area contributed by atoms with Crippen molar-refractivity contribution in [3.05, 3.63) is 71.8 Å². The molecule has 2 aromatic rings. The van der Waals surface area contributed by atoms with Gasteiger partial charge in [-0.1, -0.05) is 71.3 Å². The highest BCUT2D eigenvalue weighted by atomic mass is 32.3. The van der Waals surface area contributed by atoms with Gasteiger partial charge in [0.15, 0.2) is 0 Å². The maximum atomic E-state index is 11.8. The summed E-state index contributed by atoms with van der Waals surface area (Å²) in [5, 5.41) is 0. The molecule has 6 heteroatoms. The lowest BCUT2D eigenvalue weighted by Gasteiger charge is -2.48. The molecule has 2 saturated heterocycles. The number of benzene rings is 2. The molecule has 0 bridgehead atoms. The Morgan fingerprint density at radius 2 is 1.40 bits per heavy atom. The molecule has 4 nitrogen and oxygen atoms in total. The van der Waals surface area contributed by atoms with Gasteiger partial charge in [0.2, 0.25) is 0 Å². The van der Waals surface area contributed by atoms with Crippen LogP contribution in [0.3, 0.4) is 0 Å². The van der Waals surface area contributed by atoms with Gasteiger partial charge in [-0.2, -0.15) is 0 Å². The summed E-state index contributed by atoms with van der Waals surface area (Å²) in [5.74, 6) is -0.102. The van der Waals surface area contributed by atoms with Gasteiger partial charge in [0.05, 0.1) is 5.75 Å². The van der Waals surface area contributed by atoms with Crippen LogP contribution in [-0.4, -0.2) is 28.0 Å². The number of carbonyl (C=O) groups excluding carboxylic acids is 2.